The monoisotopic (exact) mass is 1330 g/mol. The van der Waals surface area contributed by atoms with Gasteiger partial charge in [-0.3, -0.25) is 32.7 Å². The number of carbonyl (C=O) groups excluding carboxylic acids is 1. The van der Waals surface area contributed by atoms with E-state index in [2.05, 4.69) is 59.6 Å². The molecule has 12 N–H and O–H groups in total. The molecule has 0 aliphatic rings. The molecule has 35 nitrogen and oxygen atoms in total. The molecule has 41 heteroatoms. The summed E-state index contributed by atoms with van der Waals surface area (Å²) in [4.78, 5) is 35.5. The number of nitrogens with zero attached hydrogens (tertiary/aromatic N) is 9. The van der Waals surface area contributed by atoms with Crippen molar-refractivity contribution in [2.24, 2.45) is 26.2 Å². The molecule has 0 unspecified atom stereocenters. The quantitative estimate of drug-likeness (QED) is 0.00785. The molecule has 6 aromatic carbocycles. The Bertz CT molecular complexity index is 4810. The second-order valence-electron chi connectivity index (χ2n) is 17.8. The molecule has 0 spiro atoms. The summed E-state index contributed by atoms with van der Waals surface area (Å²) in [6.45, 7) is -1.41. The molecule has 88 heavy (non-hydrogen) atoms. The van der Waals surface area contributed by atoms with Crippen LogP contribution in [0.1, 0.15) is 16.8 Å². The van der Waals surface area contributed by atoms with E-state index in [1.54, 1.807) is 0 Å². The summed E-state index contributed by atoms with van der Waals surface area (Å²) in [5.74, 6) is -5.52. The lowest BCUT2D eigenvalue weighted by Crippen LogP contribution is -2.35. The lowest BCUT2D eigenvalue weighted by Gasteiger charge is -2.17. The first-order valence-electron chi connectivity index (χ1n) is 23.9. The van der Waals surface area contributed by atoms with Crippen molar-refractivity contribution < 1.29 is 109 Å². The maximum Gasteiger partial charge on any atom is 0.444 e. The normalized spacial score (nSPS) is 12.5. The first kappa shape index (κ1) is 64.9. The number of anilines is 5. The summed E-state index contributed by atoms with van der Waals surface area (Å²) in [7, 11) is -23.2. The number of sulfone groups is 1. The number of fused-ring (bicyclic) bond motifs is 2. The van der Waals surface area contributed by atoms with Gasteiger partial charge in [-0.1, -0.05) is 23.2 Å². The lowest BCUT2D eigenvalue weighted by atomic mass is 10.1. The maximum atomic E-state index is 12.9. The number of aromatic nitrogens is 4. The smallest absolute Gasteiger partial charge is 0.444 e. The zero-order chi connectivity index (χ0) is 64.3. The highest BCUT2D eigenvalue weighted by atomic mass is 32.3. The van der Waals surface area contributed by atoms with Crippen molar-refractivity contribution in [3.05, 3.63) is 115 Å². The van der Waals surface area contributed by atoms with E-state index >= 15 is 0 Å². The molecule has 0 saturated carbocycles. The van der Waals surface area contributed by atoms with E-state index in [0.29, 0.717) is 6.07 Å². The van der Waals surface area contributed by atoms with Gasteiger partial charge >= 0.3 is 34.2 Å². The average molecular weight is 1330 g/mol. The number of phenols is 2. The van der Waals surface area contributed by atoms with Crippen molar-refractivity contribution in [3.8, 4) is 17.4 Å². The van der Waals surface area contributed by atoms with E-state index in [9.17, 15) is 80.7 Å². The number of benzene rings is 6. The SMILES string of the molecule is CN(c1ccc2c(O)c(N=Nc3ccc4c(S(=O)(=O)O)cccc4c3S(=O)(=O)O)c(SOOO)cc2c1)c1nc(Nc2cc(NCCC(=O)O)c(S(=O)(=O)O)cc2N=Nc2ccc(S(=O)(=O)CCOS(=O)(=O)O)cc2O)nc(-[n+]2cccc(C(N)=O)c2)n1. The minimum absolute atomic E-state index is 0.0316. The van der Waals surface area contributed by atoms with Crippen molar-refractivity contribution in [2.45, 2.75) is 30.9 Å². The van der Waals surface area contributed by atoms with E-state index in [4.69, 9.17) is 15.5 Å². The third-order valence-corrected chi connectivity index (χ3v) is 17.5. The summed E-state index contributed by atoms with van der Waals surface area (Å²) in [5, 5.41) is 65.7. The van der Waals surface area contributed by atoms with Gasteiger partial charge < -0.3 is 31.7 Å². The highest BCUT2D eigenvalue weighted by Crippen LogP contribution is 2.46. The number of aliphatic carboxylic acids is 1. The molecule has 0 aliphatic heterocycles. The number of nitrogens with two attached hydrogens (primary N) is 1. The van der Waals surface area contributed by atoms with Crippen LogP contribution in [-0.2, 0) is 68.9 Å². The summed E-state index contributed by atoms with van der Waals surface area (Å²) in [5.41, 5.74) is 3.13. The van der Waals surface area contributed by atoms with Crippen LogP contribution in [0.3, 0.4) is 0 Å². The van der Waals surface area contributed by atoms with E-state index in [1.165, 1.54) is 65.3 Å². The highest BCUT2D eigenvalue weighted by Gasteiger charge is 2.28. The van der Waals surface area contributed by atoms with Crippen molar-refractivity contribution in [3.63, 3.8) is 0 Å². The van der Waals surface area contributed by atoms with Crippen molar-refractivity contribution in [2.75, 3.05) is 41.5 Å². The topological polar surface area (TPSA) is 540 Å². The van der Waals surface area contributed by atoms with Gasteiger partial charge in [0, 0.05) is 41.5 Å². The number of carboxylic acids is 1. The Morgan fingerprint density at radius 2 is 1.42 bits per heavy atom. The van der Waals surface area contributed by atoms with Crippen LogP contribution in [0.15, 0.2) is 154 Å². The van der Waals surface area contributed by atoms with E-state index < -0.39 is 153 Å². The zero-order valence-electron chi connectivity index (χ0n) is 44.0. The molecule has 0 fully saturated rings. The number of phenolic OH excluding ortho intramolecular Hbond substituents is 2. The Morgan fingerprint density at radius 3 is 2.08 bits per heavy atom. The first-order chi connectivity index (χ1) is 41.2. The number of primary amides is 1. The van der Waals surface area contributed by atoms with E-state index in [0.717, 1.165) is 54.6 Å². The average Bonchev–Trinajstić information content (AvgIpc) is 2.71. The fourth-order valence-corrected chi connectivity index (χ4v) is 12.3. The molecule has 0 saturated heterocycles. The number of aromatic hydroxyl groups is 2. The van der Waals surface area contributed by atoms with Crippen LogP contribution in [0.2, 0.25) is 0 Å². The van der Waals surface area contributed by atoms with Crippen LogP contribution in [0.25, 0.3) is 27.5 Å². The molecule has 2 heterocycles. The predicted molar refractivity (Wildman–Crippen MR) is 304 cm³/mol. The molecule has 2 aromatic heterocycles. The van der Waals surface area contributed by atoms with Gasteiger partial charge in [0.2, 0.25) is 0 Å². The van der Waals surface area contributed by atoms with Crippen molar-refractivity contribution in [1.82, 2.24) is 15.0 Å². The van der Waals surface area contributed by atoms with Gasteiger partial charge in [0.05, 0.1) is 69.9 Å². The number of hydrogen-bond donors (Lipinski definition) is 11. The second-order valence-corrected chi connectivity index (χ2v) is 25.8. The number of nitrogens with one attached hydrogen (secondary N) is 2. The Balaban J connectivity index is 1.23. The van der Waals surface area contributed by atoms with Gasteiger partial charge in [0.25, 0.3) is 36.3 Å². The van der Waals surface area contributed by atoms with E-state index in [1.807, 2.05) is 0 Å². The second kappa shape index (κ2) is 25.7. The molecule has 1 amide bonds. The molecular weight excluding hydrogens is 1290 g/mol. The van der Waals surface area contributed by atoms with Crippen LogP contribution in [0.4, 0.5) is 51.7 Å². The van der Waals surface area contributed by atoms with Gasteiger partial charge in [0.15, 0.2) is 15.6 Å². The Hall–Kier alpha value is -9.08. The van der Waals surface area contributed by atoms with Crippen LogP contribution >= 0.6 is 12.0 Å². The fourth-order valence-electron chi connectivity index (χ4n) is 8.05. The first-order valence-corrected chi connectivity index (χ1v) is 32.0. The fraction of sp³-hybridized carbons (Fsp3) is 0.106. The lowest BCUT2D eigenvalue weighted by molar-refractivity contribution is -0.603. The molecule has 0 atom stereocenters. The minimum Gasteiger partial charge on any atom is -0.506 e. The Morgan fingerprint density at radius 1 is 0.727 bits per heavy atom. The maximum absolute atomic E-state index is 12.9. The van der Waals surface area contributed by atoms with Gasteiger partial charge in [-0.05, 0) is 88.2 Å². The van der Waals surface area contributed by atoms with Crippen molar-refractivity contribution >= 4 is 148 Å². The van der Waals surface area contributed by atoms with Gasteiger partial charge in [0.1, 0.15) is 43.2 Å². The number of rotatable bonds is 25. The predicted octanol–water partition coefficient (Wildman–Crippen LogP) is 5.96. The Kier molecular flexibility index (Phi) is 19.0. The summed E-state index contributed by atoms with van der Waals surface area (Å²) in [6.07, 6.45) is 2.10. The number of hydrogen-bond acceptors (Lipinski definition) is 29. The molecule has 462 valence electrons. The van der Waals surface area contributed by atoms with Crippen LogP contribution in [-0.4, -0.2) is 134 Å². The zero-order valence-corrected chi connectivity index (χ0v) is 48.9. The Labute approximate surface area is 499 Å². The van der Waals surface area contributed by atoms with Gasteiger partial charge in [-0.15, -0.1) is 29.8 Å². The molecule has 8 aromatic rings. The minimum atomic E-state index is -5.23. The van der Waals surface area contributed by atoms with Crippen LogP contribution < -0.4 is 25.8 Å². The standard InChI is InChI=1S/C47H40N12O23S6/c1-58(26-7-9-28-25(18-26)19-37(83-82-81-65)41(42(28)63)57-55-32-12-10-29-30(43(32)87(74,75)76)5-2-6-38(29)85(68,69)70)46-51-45(52-47(53-46)59-15-3-4-24(23-59)44(48)64)50-33-21-35(49-14-13-40(61)62)39(86(71,72)73)22-34(33)56-54-31-11-8-27(20-36(31)60)84(66,67)17-16-80-88(77,78)79/h2-12,15,18-23H,13-14,16-17H2,1H3,(H11-,48,49,50,51,52,53,54,55,56,57,60,61,62,63,64,65,68,69,70,71,72,73,74,75,76,77,78,79)/p+1. The third-order valence-electron chi connectivity index (χ3n) is 12.0. The molecule has 0 aliphatic carbocycles. The highest BCUT2D eigenvalue weighted by molar-refractivity contribution is 7.94. The van der Waals surface area contributed by atoms with Crippen LogP contribution in [0, 0.1) is 0 Å². The van der Waals surface area contributed by atoms with Crippen molar-refractivity contribution in [1.29, 1.82) is 0 Å². The molecule has 0 bridgehead atoms. The summed E-state index contributed by atoms with van der Waals surface area (Å²) in [6, 6.07) is 18.0. The number of carboxylic acid groups (broad SMARTS) is 1. The number of azo groups is 2. The van der Waals surface area contributed by atoms with E-state index in [-0.39, 0.29) is 67.3 Å². The van der Waals surface area contributed by atoms with Gasteiger partial charge in [-0.2, -0.15) is 33.7 Å². The van der Waals surface area contributed by atoms with Crippen LogP contribution in [0.5, 0.6) is 11.5 Å². The number of amides is 1. The largest absolute Gasteiger partial charge is 0.506 e. The molecule has 8 rings (SSSR count). The number of carbonyl (C=O) groups is 2. The summed E-state index contributed by atoms with van der Waals surface area (Å²) < 4.78 is 172. The molecular formula is C47H41N12O23S6+. The molecule has 0 radical (unpaired) electrons. The third kappa shape index (κ3) is 15.4. The van der Waals surface area contributed by atoms with Gasteiger partial charge in [-0.25, -0.2) is 22.4 Å². The number of pyridine rings is 1. The summed E-state index contributed by atoms with van der Waals surface area (Å²) >= 11 is 0.270.